The summed E-state index contributed by atoms with van der Waals surface area (Å²) in [6, 6.07) is 6.02. The number of benzene rings is 1. The Morgan fingerprint density at radius 3 is 2.52 bits per heavy atom. The SMILES string of the molecule is CC[C@H](C)NC(=O)c1cnc(-c2ccc(F)cc2)nc1N(C)C. The van der Waals surface area contributed by atoms with Gasteiger partial charge in [-0.05, 0) is 37.6 Å². The van der Waals surface area contributed by atoms with Gasteiger partial charge in [0, 0.05) is 31.9 Å². The van der Waals surface area contributed by atoms with Crippen LogP contribution in [0.3, 0.4) is 0 Å². The lowest BCUT2D eigenvalue weighted by atomic mass is 10.2. The number of nitrogens with one attached hydrogen (secondary N) is 1. The van der Waals surface area contributed by atoms with Gasteiger partial charge in [-0.1, -0.05) is 6.92 Å². The Kier molecular flexibility index (Phi) is 5.26. The molecule has 1 heterocycles. The van der Waals surface area contributed by atoms with Crippen LogP contribution in [0, 0.1) is 5.82 Å². The number of hydrogen-bond acceptors (Lipinski definition) is 4. The zero-order valence-corrected chi connectivity index (χ0v) is 13.8. The molecule has 0 spiro atoms. The first-order valence-corrected chi connectivity index (χ1v) is 7.53. The quantitative estimate of drug-likeness (QED) is 0.921. The predicted molar refractivity (Wildman–Crippen MR) is 89.0 cm³/mol. The molecule has 0 bridgehead atoms. The van der Waals surface area contributed by atoms with E-state index in [2.05, 4.69) is 15.3 Å². The summed E-state index contributed by atoms with van der Waals surface area (Å²) in [5.41, 5.74) is 1.12. The first kappa shape index (κ1) is 16.9. The third-order valence-corrected chi connectivity index (χ3v) is 3.53. The number of anilines is 1. The molecule has 0 aliphatic heterocycles. The van der Waals surface area contributed by atoms with Crippen molar-refractivity contribution in [3.8, 4) is 11.4 Å². The van der Waals surface area contributed by atoms with Crippen LogP contribution in [0.1, 0.15) is 30.6 Å². The van der Waals surface area contributed by atoms with E-state index in [1.165, 1.54) is 18.3 Å². The van der Waals surface area contributed by atoms with Crippen LogP contribution in [0.25, 0.3) is 11.4 Å². The molecule has 5 nitrogen and oxygen atoms in total. The van der Waals surface area contributed by atoms with E-state index in [0.29, 0.717) is 22.8 Å². The topological polar surface area (TPSA) is 58.1 Å². The number of halogens is 1. The number of carbonyl (C=O) groups is 1. The van der Waals surface area contributed by atoms with E-state index in [4.69, 9.17) is 0 Å². The molecule has 0 radical (unpaired) electrons. The van der Waals surface area contributed by atoms with E-state index in [0.717, 1.165) is 6.42 Å². The number of hydrogen-bond donors (Lipinski definition) is 1. The maximum Gasteiger partial charge on any atom is 0.256 e. The van der Waals surface area contributed by atoms with Crippen molar-refractivity contribution in [3.05, 3.63) is 41.8 Å². The lowest BCUT2D eigenvalue weighted by molar-refractivity contribution is 0.0939. The highest BCUT2D eigenvalue weighted by Crippen LogP contribution is 2.21. The van der Waals surface area contributed by atoms with Crippen molar-refractivity contribution < 1.29 is 9.18 Å². The molecule has 1 aromatic heterocycles. The maximum absolute atomic E-state index is 13.0. The Labute approximate surface area is 135 Å². The average molecular weight is 316 g/mol. The van der Waals surface area contributed by atoms with Crippen LogP contribution in [0.2, 0.25) is 0 Å². The molecule has 0 saturated carbocycles. The van der Waals surface area contributed by atoms with Crippen LogP contribution in [0.5, 0.6) is 0 Å². The third kappa shape index (κ3) is 4.03. The summed E-state index contributed by atoms with van der Waals surface area (Å²) < 4.78 is 13.0. The molecule has 0 saturated heterocycles. The van der Waals surface area contributed by atoms with Crippen molar-refractivity contribution in [2.45, 2.75) is 26.3 Å². The molecule has 6 heteroatoms. The summed E-state index contributed by atoms with van der Waals surface area (Å²) in [6.45, 7) is 3.95. The molecule has 0 aliphatic rings. The molecule has 0 aliphatic carbocycles. The molecule has 1 atom stereocenters. The Balaban J connectivity index is 2.38. The average Bonchev–Trinajstić information content (AvgIpc) is 2.54. The third-order valence-electron chi connectivity index (χ3n) is 3.53. The second-order valence-electron chi connectivity index (χ2n) is 5.61. The van der Waals surface area contributed by atoms with Gasteiger partial charge in [-0.3, -0.25) is 4.79 Å². The first-order chi connectivity index (χ1) is 10.9. The molecule has 2 aromatic rings. The van der Waals surface area contributed by atoms with Crippen LogP contribution in [0.4, 0.5) is 10.2 Å². The fourth-order valence-electron chi connectivity index (χ4n) is 2.02. The van der Waals surface area contributed by atoms with Gasteiger partial charge in [-0.15, -0.1) is 0 Å². The number of carbonyl (C=O) groups excluding carboxylic acids is 1. The van der Waals surface area contributed by atoms with Gasteiger partial charge in [-0.25, -0.2) is 14.4 Å². The Morgan fingerprint density at radius 1 is 1.30 bits per heavy atom. The molecule has 1 aromatic carbocycles. The second-order valence-corrected chi connectivity index (χ2v) is 5.61. The van der Waals surface area contributed by atoms with Crippen molar-refractivity contribution in [1.29, 1.82) is 0 Å². The fourth-order valence-corrected chi connectivity index (χ4v) is 2.02. The molecule has 2 rings (SSSR count). The van der Waals surface area contributed by atoms with Gasteiger partial charge < -0.3 is 10.2 Å². The van der Waals surface area contributed by atoms with E-state index in [9.17, 15) is 9.18 Å². The van der Waals surface area contributed by atoms with E-state index in [-0.39, 0.29) is 17.8 Å². The van der Waals surface area contributed by atoms with Gasteiger partial charge in [-0.2, -0.15) is 0 Å². The summed E-state index contributed by atoms with van der Waals surface area (Å²) in [6.07, 6.45) is 2.36. The molecular weight excluding hydrogens is 295 g/mol. The largest absolute Gasteiger partial charge is 0.362 e. The standard InChI is InChI=1S/C17H21FN4O/c1-5-11(2)20-17(23)14-10-19-15(21-16(14)22(3)4)12-6-8-13(18)9-7-12/h6-11H,5H2,1-4H3,(H,20,23)/t11-/m0/s1. The highest BCUT2D eigenvalue weighted by molar-refractivity contribution is 5.99. The summed E-state index contributed by atoms with van der Waals surface area (Å²) in [4.78, 5) is 22.8. The van der Waals surface area contributed by atoms with Crippen LogP contribution in [-0.4, -0.2) is 36.0 Å². The molecular formula is C17H21FN4O. The molecule has 0 unspecified atom stereocenters. The van der Waals surface area contributed by atoms with Crippen LogP contribution >= 0.6 is 0 Å². The zero-order chi connectivity index (χ0) is 17.0. The fraction of sp³-hybridized carbons (Fsp3) is 0.353. The number of amides is 1. The van der Waals surface area contributed by atoms with Gasteiger partial charge in [0.15, 0.2) is 5.82 Å². The van der Waals surface area contributed by atoms with E-state index in [1.54, 1.807) is 17.0 Å². The smallest absolute Gasteiger partial charge is 0.256 e. The highest BCUT2D eigenvalue weighted by atomic mass is 19.1. The summed E-state index contributed by atoms with van der Waals surface area (Å²) in [7, 11) is 3.63. The van der Waals surface area contributed by atoms with Crippen molar-refractivity contribution in [2.24, 2.45) is 0 Å². The van der Waals surface area contributed by atoms with Crippen LogP contribution in [0.15, 0.2) is 30.5 Å². The monoisotopic (exact) mass is 316 g/mol. The zero-order valence-electron chi connectivity index (χ0n) is 13.8. The van der Waals surface area contributed by atoms with Gasteiger partial charge in [0.2, 0.25) is 0 Å². The summed E-state index contributed by atoms with van der Waals surface area (Å²) in [5.74, 6) is 0.466. The van der Waals surface area contributed by atoms with Gasteiger partial charge in [0.25, 0.3) is 5.91 Å². The van der Waals surface area contributed by atoms with Gasteiger partial charge >= 0.3 is 0 Å². The molecule has 23 heavy (non-hydrogen) atoms. The van der Waals surface area contributed by atoms with Crippen molar-refractivity contribution in [3.63, 3.8) is 0 Å². The second kappa shape index (κ2) is 7.17. The Morgan fingerprint density at radius 2 is 1.96 bits per heavy atom. The first-order valence-electron chi connectivity index (χ1n) is 7.53. The van der Waals surface area contributed by atoms with Crippen molar-refractivity contribution in [1.82, 2.24) is 15.3 Å². The van der Waals surface area contributed by atoms with Gasteiger partial charge in [0.1, 0.15) is 17.2 Å². The normalized spacial score (nSPS) is 11.9. The highest BCUT2D eigenvalue weighted by Gasteiger charge is 2.18. The minimum atomic E-state index is -0.314. The van der Waals surface area contributed by atoms with Crippen LogP contribution < -0.4 is 10.2 Å². The maximum atomic E-state index is 13.0. The number of nitrogens with zero attached hydrogens (tertiary/aromatic N) is 3. The summed E-state index contributed by atoms with van der Waals surface area (Å²) >= 11 is 0. The van der Waals surface area contributed by atoms with E-state index >= 15 is 0 Å². The minimum Gasteiger partial charge on any atom is -0.362 e. The Hall–Kier alpha value is -2.50. The minimum absolute atomic E-state index is 0.0780. The van der Waals surface area contributed by atoms with Crippen LogP contribution in [-0.2, 0) is 0 Å². The Bertz CT molecular complexity index is 685. The van der Waals surface area contributed by atoms with Crippen molar-refractivity contribution in [2.75, 3.05) is 19.0 Å². The predicted octanol–water partition coefficient (Wildman–Crippen LogP) is 2.88. The lowest BCUT2D eigenvalue weighted by Gasteiger charge is -2.18. The molecule has 1 N–H and O–H groups in total. The van der Waals surface area contributed by atoms with E-state index in [1.807, 2.05) is 27.9 Å². The lowest BCUT2D eigenvalue weighted by Crippen LogP contribution is -2.33. The molecule has 0 fully saturated rings. The summed E-state index contributed by atoms with van der Waals surface area (Å²) in [5, 5.41) is 2.91. The molecule has 122 valence electrons. The van der Waals surface area contributed by atoms with Crippen molar-refractivity contribution >= 4 is 11.7 Å². The number of aromatic nitrogens is 2. The molecule has 1 amide bonds. The van der Waals surface area contributed by atoms with E-state index < -0.39 is 0 Å². The van der Waals surface area contributed by atoms with Gasteiger partial charge in [0.05, 0.1) is 0 Å². The number of rotatable bonds is 5.